The lowest BCUT2D eigenvalue weighted by Crippen LogP contribution is -2.59. The number of nitrogens with zero attached hydrogens (tertiary/aromatic N) is 2. The van der Waals surface area contributed by atoms with E-state index in [2.05, 4.69) is 43.8 Å². The number of benzene rings is 1. The van der Waals surface area contributed by atoms with Crippen molar-refractivity contribution in [2.24, 2.45) is 0 Å². The molecule has 7 heteroatoms. The van der Waals surface area contributed by atoms with E-state index in [1.807, 2.05) is 18.2 Å². The molecule has 0 aromatic heterocycles. The Bertz CT molecular complexity index is 565. The van der Waals surface area contributed by atoms with E-state index in [-0.39, 0.29) is 11.8 Å². The van der Waals surface area contributed by atoms with Crippen molar-refractivity contribution in [3.8, 4) is 0 Å². The lowest BCUT2D eigenvalue weighted by molar-refractivity contribution is -0.134. The number of piperazine rings is 1. The van der Waals surface area contributed by atoms with E-state index in [9.17, 15) is 9.59 Å². The van der Waals surface area contributed by atoms with Gasteiger partial charge in [-0.1, -0.05) is 0 Å². The van der Waals surface area contributed by atoms with Gasteiger partial charge >= 0.3 is 0 Å². The van der Waals surface area contributed by atoms with Crippen molar-refractivity contribution in [3.63, 3.8) is 0 Å². The molecule has 2 amide bonds. The van der Waals surface area contributed by atoms with Crippen LogP contribution < -0.4 is 5.32 Å². The number of rotatable bonds is 2. The van der Waals surface area contributed by atoms with Gasteiger partial charge in [-0.05, 0) is 56.7 Å². The third-order valence-electron chi connectivity index (χ3n) is 3.39. The minimum Gasteiger partial charge on any atom is -0.347 e. The summed E-state index contributed by atoms with van der Waals surface area (Å²) in [5.74, 6) is -0.167. The monoisotopic (exact) mass is 465 g/mol. The second kappa shape index (κ2) is 7.06. The second-order valence-electron chi connectivity index (χ2n) is 5.08. The fraction of sp³-hybridized carbons (Fsp3) is 0.429. The van der Waals surface area contributed by atoms with E-state index < -0.39 is 6.04 Å². The van der Waals surface area contributed by atoms with Crippen LogP contribution in [0.1, 0.15) is 10.4 Å². The SMILES string of the molecule is CN(C)C(=O)C1CNCCN1C(=O)c1cc(I)ccc1Br. The zero-order chi connectivity index (χ0) is 15.6. The van der Waals surface area contributed by atoms with Gasteiger partial charge in [-0.2, -0.15) is 0 Å². The summed E-state index contributed by atoms with van der Waals surface area (Å²) in [4.78, 5) is 28.3. The van der Waals surface area contributed by atoms with Gasteiger partial charge in [-0.15, -0.1) is 0 Å². The van der Waals surface area contributed by atoms with E-state index >= 15 is 0 Å². The smallest absolute Gasteiger partial charge is 0.255 e. The maximum Gasteiger partial charge on any atom is 0.255 e. The molecule has 1 fully saturated rings. The fourth-order valence-electron chi connectivity index (χ4n) is 2.28. The predicted molar refractivity (Wildman–Crippen MR) is 93.2 cm³/mol. The number of carbonyl (C=O) groups excluding carboxylic acids is 2. The van der Waals surface area contributed by atoms with E-state index in [0.29, 0.717) is 25.2 Å². The molecule has 5 nitrogen and oxygen atoms in total. The maximum atomic E-state index is 12.8. The highest BCUT2D eigenvalue weighted by Gasteiger charge is 2.34. The fourth-order valence-corrected chi connectivity index (χ4v) is 3.19. The number of hydrogen-bond donors (Lipinski definition) is 1. The highest BCUT2D eigenvalue weighted by molar-refractivity contribution is 14.1. The van der Waals surface area contributed by atoms with Crippen LogP contribution in [0.15, 0.2) is 22.7 Å². The van der Waals surface area contributed by atoms with Gasteiger partial charge in [0.05, 0.1) is 5.56 Å². The van der Waals surface area contributed by atoms with Crippen LogP contribution >= 0.6 is 38.5 Å². The molecule has 2 rings (SSSR count). The third-order valence-corrected chi connectivity index (χ3v) is 4.75. The zero-order valence-corrected chi connectivity index (χ0v) is 15.6. The topological polar surface area (TPSA) is 52.7 Å². The molecule has 1 aliphatic heterocycles. The molecule has 1 aliphatic rings. The summed E-state index contributed by atoms with van der Waals surface area (Å²) in [6.45, 7) is 1.72. The molecule has 0 radical (unpaired) electrons. The number of amides is 2. The van der Waals surface area contributed by atoms with Crippen molar-refractivity contribution in [2.75, 3.05) is 33.7 Å². The summed E-state index contributed by atoms with van der Waals surface area (Å²) in [6.07, 6.45) is 0. The molecule has 1 aromatic rings. The molecular formula is C14H17BrIN3O2. The highest BCUT2D eigenvalue weighted by Crippen LogP contribution is 2.22. The van der Waals surface area contributed by atoms with Gasteiger partial charge in [0, 0.05) is 41.8 Å². The lowest BCUT2D eigenvalue weighted by atomic mass is 10.1. The highest BCUT2D eigenvalue weighted by atomic mass is 127. The van der Waals surface area contributed by atoms with Gasteiger partial charge in [-0.3, -0.25) is 9.59 Å². The average Bonchev–Trinajstić information content (AvgIpc) is 2.48. The van der Waals surface area contributed by atoms with Crippen LogP contribution in [-0.4, -0.2) is 61.4 Å². The number of nitrogens with one attached hydrogen (secondary N) is 1. The molecule has 0 saturated carbocycles. The van der Waals surface area contributed by atoms with Crippen LogP contribution in [-0.2, 0) is 4.79 Å². The summed E-state index contributed by atoms with van der Waals surface area (Å²) in [5.41, 5.74) is 0.598. The predicted octanol–water partition coefficient (Wildman–Crippen LogP) is 1.56. The Balaban J connectivity index is 2.30. The molecule has 1 N–H and O–H groups in total. The van der Waals surface area contributed by atoms with Crippen LogP contribution in [0.5, 0.6) is 0 Å². The van der Waals surface area contributed by atoms with Gasteiger partial charge in [0.15, 0.2) is 0 Å². The molecule has 0 aliphatic carbocycles. The van der Waals surface area contributed by atoms with Crippen LogP contribution in [0.4, 0.5) is 0 Å². The maximum absolute atomic E-state index is 12.8. The first-order valence-electron chi connectivity index (χ1n) is 6.59. The molecule has 1 heterocycles. The van der Waals surface area contributed by atoms with Crippen LogP contribution in [0.3, 0.4) is 0 Å². The van der Waals surface area contributed by atoms with Crippen molar-refractivity contribution in [1.29, 1.82) is 0 Å². The summed E-state index contributed by atoms with van der Waals surface area (Å²) < 4.78 is 1.74. The Morgan fingerprint density at radius 2 is 2.14 bits per heavy atom. The molecule has 114 valence electrons. The summed E-state index contributed by atoms with van der Waals surface area (Å²) in [7, 11) is 3.42. The molecule has 1 unspecified atom stereocenters. The number of likely N-dealkylation sites (N-methyl/N-ethyl adjacent to an activating group) is 1. The standard InChI is InChI=1S/C14H17BrIN3O2/c1-18(2)14(21)12-8-17-5-6-19(12)13(20)10-7-9(16)3-4-11(10)15/h3-4,7,12,17H,5-6,8H2,1-2H3. The normalized spacial score (nSPS) is 18.5. The van der Waals surface area contributed by atoms with Crippen LogP contribution in [0, 0.1) is 3.57 Å². The minimum atomic E-state index is -0.453. The number of carbonyl (C=O) groups is 2. The Kier molecular flexibility index (Phi) is 5.61. The van der Waals surface area contributed by atoms with Gasteiger partial charge in [-0.25, -0.2) is 0 Å². The van der Waals surface area contributed by atoms with Gasteiger partial charge in [0.1, 0.15) is 6.04 Å². The zero-order valence-electron chi connectivity index (χ0n) is 11.9. The summed E-state index contributed by atoms with van der Waals surface area (Å²) in [6, 6.07) is 5.18. The van der Waals surface area contributed by atoms with Gasteiger partial charge < -0.3 is 15.1 Å². The second-order valence-corrected chi connectivity index (χ2v) is 7.18. The van der Waals surface area contributed by atoms with E-state index in [1.165, 1.54) is 4.90 Å². The Hall–Kier alpha value is -0.670. The minimum absolute atomic E-state index is 0.0581. The van der Waals surface area contributed by atoms with E-state index in [1.54, 1.807) is 19.0 Å². The van der Waals surface area contributed by atoms with Crippen molar-refractivity contribution >= 4 is 50.3 Å². The average molecular weight is 466 g/mol. The number of hydrogen-bond acceptors (Lipinski definition) is 3. The Morgan fingerprint density at radius 3 is 2.81 bits per heavy atom. The van der Waals surface area contributed by atoms with Crippen LogP contribution in [0.2, 0.25) is 0 Å². The first-order valence-corrected chi connectivity index (χ1v) is 8.47. The Labute approximate surface area is 146 Å². The van der Waals surface area contributed by atoms with Crippen molar-refractivity contribution in [3.05, 3.63) is 31.8 Å². The molecule has 1 atom stereocenters. The van der Waals surface area contributed by atoms with E-state index in [0.717, 1.165) is 8.04 Å². The van der Waals surface area contributed by atoms with Crippen LogP contribution in [0.25, 0.3) is 0 Å². The van der Waals surface area contributed by atoms with Crippen molar-refractivity contribution in [2.45, 2.75) is 6.04 Å². The molecular weight excluding hydrogens is 449 g/mol. The summed E-state index contributed by atoms with van der Waals surface area (Å²) >= 11 is 5.60. The lowest BCUT2D eigenvalue weighted by Gasteiger charge is -2.36. The molecule has 0 spiro atoms. The van der Waals surface area contributed by atoms with Gasteiger partial charge in [0.25, 0.3) is 5.91 Å². The van der Waals surface area contributed by atoms with E-state index in [4.69, 9.17) is 0 Å². The molecule has 1 aromatic carbocycles. The third kappa shape index (κ3) is 3.75. The van der Waals surface area contributed by atoms with Gasteiger partial charge in [0.2, 0.25) is 5.91 Å². The Morgan fingerprint density at radius 1 is 1.43 bits per heavy atom. The molecule has 21 heavy (non-hydrogen) atoms. The van der Waals surface area contributed by atoms with Crippen molar-refractivity contribution in [1.82, 2.24) is 15.1 Å². The molecule has 0 bridgehead atoms. The molecule has 1 saturated heterocycles. The number of halogens is 2. The quantitative estimate of drug-likeness (QED) is 0.674. The largest absolute Gasteiger partial charge is 0.347 e. The van der Waals surface area contributed by atoms with Crippen molar-refractivity contribution < 1.29 is 9.59 Å². The summed E-state index contributed by atoms with van der Waals surface area (Å²) in [5, 5.41) is 3.18. The first-order chi connectivity index (χ1) is 9.91. The first kappa shape index (κ1) is 16.7.